The van der Waals surface area contributed by atoms with Crippen molar-refractivity contribution in [3.8, 4) is 0 Å². The highest BCUT2D eigenvalue weighted by molar-refractivity contribution is 5.89. The number of benzene rings is 1. The maximum atomic E-state index is 12.4. The number of carbonyl (C=O) groups is 2. The van der Waals surface area contributed by atoms with Crippen molar-refractivity contribution in [1.82, 2.24) is 9.88 Å². The van der Waals surface area contributed by atoms with E-state index in [0.29, 0.717) is 25.9 Å². The van der Waals surface area contributed by atoms with Crippen molar-refractivity contribution >= 4 is 22.8 Å². The van der Waals surface area contributed by atoms with Crippen LogP contribution in [0.5, 0.6) is 0 Å². The summed E-state index contributed by atoms with van der Waals surface area (Å²) in [5.74, 6) is -1.23. The molecule has 0 bridgehead atoms. The number of likely N-dealkylation sites (tertiary alicyclic amines) is 1. The van der Waals surface area contributed by atoms with E-state index in [-0.39, 0.29) is 5.91 Å². The third kappa shape index (κ3) is 2.77. The normalized spacial score (nSPS) is 18.9. The largest absolute Gasteiger partial charge is 0.481 e. The molecule has 1 amide bonds. The fourth-order valence-electron chi connectivity index (χ4n) is 2.96. The van der Waals surface area contributed by atoms with Gasteiger partial charge >= 0.3 is 5.97 Å². The monoisotopic (exact) mass is 286 g/mol. The lowest BCUT2D eigenvalue weighted by atomic mass is 9.97. The molecule has 2 heterocycles. The number of amides is 1. The summed E-state index contributed by atoms with van der Waals surface area (Å²) in [4.78, 5) is 28.3. The molecule has 3 rings (SSSR count). The van der Waals surface area contributed by atoms with Crippen molar-refractivity contribution in [2.45, 2.75) is 19.3 Å². The van der Waals surface area contributed by atoms with Gasteiger partial charge in [0.1, 0.15) is 0 Å². The number of hydrogen-bond acceptors (Lipinski definition) is 2. The van der Waals surface area contributed by atoms with E-state index in [1.54, 1.807) is 4.90 Å². The average molecular weight is 286 g/mol. The number of aromatic amines is 1. The molecule has 110 valence electrons. The summed E-state index contributed by atoms with van der Waals surface area (Å²) in [6, 6.07) is 7.87. The number of rotatable bonds is 3. The van der Waals surface area contributed by atoms with Gasteiger partial charge in [-0.1, -0.05) is 18.2 Å². The van der Waals surface area contributed by atoms with Crippen LogP contribution in [0.15, 0.2) is 30.5 Å². The van der Waals surface area contributed by atoms with Crippen LogP contribution >= 0.6 is 0 Å². The Morgan fingerprint density at radius 1 is 1.33 bits per heavy atom. The Morgan fingerprint density at radius 3 is 2.95 bits per heavy atom. The van der Waals surface area contributed by atoms with Crippen LogP contribution in [0, 0.1) is 5.92 Å². The number of aromatic nitrogens is 1. The SMILES string of the molecule is O=C(O)[C@@H]1CCCN(C(=O)Cc2c[nH]c3ccccc23)C1. The van der Waals surface area contributed by atoms with Gasteiger partial charge in [-0.3, -0.25) is 9.59 Å². The highest BCUT2D eigenvalue weighted by atomic mass is 16.4. The molecule has 5 nitrogen and oxygen atoms in total. The van der Waals surface area contributed by atoms with Crippen molar-refractivity contribution in [3.05, 3.63) is 36.0 Å². The van der Waals surface area contributed by atoms with Crippen molar-refractivity contribution in [1.29, 1.82) is 0 Å². The van der Waals surface area contributed by atoms with E-state index in [0.717, 1.165) is 22.9 Å². The molecule has 1 aliphatic rings. The van der Waals surface area contributed by atoms with Crippen molar-refractivity contribution in [3.63, 3.8) is 0 Å². The molecule has 1 aliphatic heterocycles. The summed E-state index contributed by atoms with van der Waals surface area (Å²) in [6.45, 7) is 0.988. The maximum absolute atomic E-state index is 12.4. The number of hydrogen-bond donors (Lipinski definition) is 2. The van der Waals surface area contributed by atoms with Gasteiger partial charge in [-0.2, -0.15) is 0 Å². The second-order valence-corrected chi connectivity index (χ2v) is 5.55. The van der Waals surface area contributed by atoms with E-state index in [1.165, 1.54) is 0 Å². The first-order chi connectivity index (χ1) is 10.1. The Bertz CT molecular complexity index is 677. The van der Waals surface area contributed by atoms with Crippen LogP contribution in [0.25, 0.3) is 10.9 Å². The van der Waals surface area contributed by atoms with Crippen LogP contribution < -0.4 is 0 Å². The summed E-state index contributed by atoms with van der Waals surface area (Å²) >= 11 is 0. The number of nitrogens with one attached hydrogen (secondary N) is 1. The van der Waals surface area contributed by atoms with Crippen LogP contribution in [0.3, 0.4) is 0 Å². The number of para-hydroxylation sites is 1. The Balaban J connectivity index is 1.72. The molecule has 0 radical (unpaired) electrons. The minimum absolute atomic E-state index is 0.00528. The molecule has 1 atom stereocenters. The number of carboxylic acids is 1. The summed E-state index contributed by atoms with van der Waals surface area (Å²) < 4.78 is 0. The molecular formula is C16H18N2O3. The lowest BCUT2D eigenvalue weighted by molar-refractivity contribution is -0.145. The van der Waals surface area contributed by atoms with E-state index in [1.807, 2.05) is 30.5 Å². The van der Waals surface area contributed by atoms with Gasteiger partial charge in [-0.05, 0) is 24.5 Å². The zero-order chi connectivity index (χ0) is 14.8. The van der Waals surface area contributed by atoms with Crippen LogP contribution in [-0.2, 0) is 16.0 Å². The van der Waals surface area contributed by atoms with Crippen LogP contribution in [0.4, 0.5) is 0 Å². The fourth-order valence-corrected chi connectivity index (χ4v) is 2.96. The number of fused-ring (bicyclic) bond motifs is 1. The standard InChI is InChI=1S/C16H18N2O3/c19-15(18-7-3-4-11(10-18)16(20)21)8-12-9-17-14-6-2-1-5-13(12)14/h1-2,5-6,9,11,17H,3-4,7-8,10H2,(H,20,21)/t11-/m1/s1. The third-order valence-corrected chi connectivity index (χ3v) is 4.14. The molecule has 1 aromatic carbocycles. The Morgan fingerprint density at radius 2 is 2.14 bits per heavy atom. The maximum Gasteiger partial charge on any atom is 0.308 e. The lowest BCUT2D eigenvalue weighted by Gasteiger charge is -2.30. The van der Waals surface area contributed by atoms with Crippen LogP contribution in [0.2, 0.25) is 0 Å². The van der Waals surface area contributed by atoms with E-state index in [4.69, 9.17) is 5.11 Å². The quantitative estimate of drug-likeness (QED) is 0.906. The number of carboxylic acid groups (broad SMARTS) is 1. The third-order valence-electron chi connectivity index (χ3n) is 4.14. The molecule has 1 aromatic heterocycles. The Labute approximate surface area is 122 Å². The van der Waals surface area contributed by atoms with Gasteiger partial charge in [-0.15, -0.1) is 0 Å². The zero-order valence-electron chi connectivity index (χ0n) is 11.7. The Kier molecular flexibility index (Phi) is 3.64. The molecule has 2 aromatic rings. The highest BCUT2D eigenvalue weighted by Gasteiger charge is 2.28. The van der Waals surface area contributed by atoms with Gasteiger partial charge in [0.2, 0.25) is 5.91 Å². The number of carbonyl (C=O) groups excluding carboxylic acids is 1. The second-order valence-electron chi connectivity index (χ2n) is 5.55. The van der Waals surface area contributed by atoms with E-state index < -0.39 is 11.9 Å². The molecular weight excluding hydrogens is 268 g/mol. The zero-order valence-corrected chi connectivity index (χ0v) is 11.7. The average Bonchev–Trinajstić information content (AvgIpc) is 2.91. The van der Waals surface area contributed by atoms with Gasteiger partial charge in [0.05, 0.1) is 12.3 Å². The molecule has 2 N–H and O–H groups in total. The molecule has 0 unspecified atom stereocenters. The molecule has 0 spiro atoms. The predicted molar refractivity (Wildman–Crippen MR) is 78.9 cm³/mol. The predicted octanol–water partition coefficient (Wildman–Crippen LogP) is 2.03. The van der Waals surface area contributed by atoms with Crippen molar-refractivity contribution in [2.75, 3.05) is 13.1 Å². The first-order valence-electron chi connectivity index (χ1n) is 7.20. The lowest BCUT2D eigenvalue weighted by Crippen LogP contribution is -2.42. The molecule has 5 heteroatoms. The number of H-pyrrole nitrogens is 1. The van der Waals surface area contributed by atoms with E-state index >= 15 is 0 Å². The minimum Gasteiger partial charge on any atom is -0.481 e. The van der Waals surface area contributed by atoms with E-state index in [2.05, 4.69) is 4.98 Å². The van der Waals surface area contributed by atoms with Gasteiger partial charge in [0.25, 0.3) is 0 Å². The van der Waals surface area contributed by atoms with Crippen LogP contribution in [-0.4, -0.2) is 40.0 Å². The summed E-state index contributed by atoms with van der Waals surface area (Å²) in [5, 5.41) is 10.1. The Hall–Kier alpha value is -2.30. The molecule has 1 fully saturated rings. The molecule has 0 aliphatic carbocycles. The van der Waals surface area contributed by atoms with Gasteiger partial charge in [0.15, 0.2) is 0 Å². The highest BCUT2D eigenvalue weighted by Crippen LogP contribution is 2.21. The van der Waals surface area contributed by atoms with Gasteiger partial charge in [0, 0.05) is 30.2 Å². The summed E-state index contributed by atoms with van der Waals surface area (Å²) in [6.07, 6.45) is 3.60. The number of nitrogens with zero attached hydrogens (tertiary/aromatic N) is 1. The van der Waals surface area contributed by atoms with Gasteiger partial charge < -0.3 is 15.0 Å². The molecule has 1 saturated heterocycles. The minimum atomic E-state index is -0.806. The number of aliphatic carboxylic acids is 1. The van der Waals surface area contributed by atoms with E-state index in [9.17, 15) is 9.59 Å². The first-order valence-corrected chi connectivity index (χ1v) is 7.20. The molecule has 21 heavy (non-hydrogen) atoms. The topological polar surface area (TPSA) is 73.4 Å². The summed E-state index contributed by atoms with van der Waals surface area (Å²) in [7, 11) is 0. The van der Waals surface area contributed by atoms with Crippen LogP contribution in [0.1, 0.15) is 18.4 Å². The second kappa shape index (κ2) is 5.60. The number of piperidine rings is 1. The summed E-state index contributed by atoms with van der Waals surface area (Å²) in [5.41, 5.74) is 1.98. The van der Waals surface area contributed by atoms with Crippen molar-refractivity contribution in [2.24, 2.45) is 5.92 Å². The van der Waals surface area contributed by atoms with Gasteiger partial charge in [-0.25, -0.2) is 0 Å². The molecule has 0 saturated carbocycles. The van der Waals surface area contributed by atoms with Crippen molar-refractivity contribution < 1.29 is 14.7 Å². The first kappa shape index (κ1) is 13.7. The smallest absolute Gasteiger partial charge is 0.308 e. The fraction of sp³-hybridized carbons (Fsp3) is 0.375.